The quantitative estimate of drug-likeness (QED) is 0.731. The number of hydrogen-bond donors (Lipinski definition) is 1. The number of rotatable bonds is 4. The second-order valence-corrected chi connectivity index (χ2v) is 3.87. The van der Waals surface area contributed by atoms with Gasteiger partial charge in [-0.25, -0.2) is 4.39 Å². The van der Waals surface area contributed by atoms with Gasteiger partial charge in [-0.05, 0) is 44.6 Å². The summed E-state index contributed by atoms with van der Waals surface area (Å²) in [5.74, 6) is 0.631. The van der Waals surface area contributed by atoms with E-state index in [0.29, 0.717) is 12.5 Å². The van der Waals surface area contributed by atoms with Crippen LogP contribution < -0.4 is 5.73 Å². The number of halogens is 1. The molecule has 0 radical (unpaired) electrons. The summed E-state index contributed by atoms with van der Waals surface area (Å²) in [6, 6.07) is 0. The highest BCUT2D eigenvalue weighted by Crippen LogP contribution is 2.29. The van der Waals surface area contributed by atoms with Gasteiger partial charge in [0.25, 0.3) is 0 Å². The smallest absolute Gasteiger partial charge is 0.100 e. The Labute approximate surface area is 79.6 Å². The van der Waals surface area contributed by atoms with Gasteiger partial charge in [0.15, 0.2) is 0 Å². The van der Waals surface area contributed by atoms with Crippen LogP contribution >= 0.6 is 0 Å². The fourth-order valence-corrected chi connectivity index (χ4v) is 2.18. The minimum atomic E-state index is -0.730. The van der Waals surface area contributed by atoms with Crippen LogP contribution in [0.1, 0.15) is 26.2 Å². The van der Waals surface area contributed by atoms with E-state index in [2.05, 4.69) is 0 Å². The predicted octanol–water partition coefficient (Wildman–Crippen LogP) is 1.74. The first kappa shape index (κ1) is 10.9. The first-order valence-corrected chi connectivity index (χ1v) is 5.17. The zero-order valence-electron chi connectivity index (χ0n) is 8.34. The molecule has 0 aromatic carbocycles. The molecule has 1 heterocycles. The van der Waals surface area contributed by atoms with Crippen LogP contribution in [0.4, 0.5) is 4.39 Å². The summed E-state index contributed by atoms with van der Waals surface area (Å²) in [5, 5.41) is 0. The normalized spacial score (nSPS) is 24.2. The average molecular weight is 189 g/mol. The Morgan fingerprint density at radius 2 is 2.08 bits per heavy atom. The van der Waals surface area contributed by atoms with Gasteiger partial charge >= 0.3 is 0 Å². The van der Waals surface area contributed by atoms with E-state index >= 15 is 0 Å². The van der Waals surface area contributed by atoms with E-state index in [1.54, 1.807) is 6.92 Å². The highest BCUT2D eigenvalue weighted by Gasteiger charge is 2.27. The maximum atomic E-state index is 13.2. The minimum Gasteiger partial charge on any atom is -0.381 e. The van der Waals surface area contributed by atoms with E-state index < -0.39 is 6.17 Å². The van der Waals surface area contributed by atoms with Crippen molar-refractivity contribution in [3.8, 4) is 0 Å². The van der Waals surface area contributed by atoms with Gasteiger partial charge in [0.05, 0.1) is 0 Å². The Morgan fingerprint density at radius 1 is 1.46 bits per heavy atom. The zero-order valence-corrected chi connectivity index (χ0v) is 8.34. The Hall–Kier alpha value is -0.150. The van der Waals surface area contributed by atoms with Gasteiger partial charge in [-0.3, -0.25) is 0 Å². The lowest BCUT2D eigenvalue weighted by atomic mass is 9.81. The van der Waals surface area contributed by atoms with Gasteiger partial charge in [0.1, 0.15) is 6.17 Å². The second kappa shape index (κ2) is 5.55. The highest BCUT2D eigenvalue weighted by molar-refractivity contribution is 4.77. The van der Waals surface area contributed by atoms with Gasteiger partial charge < -0.3 is 10.5 Å². The molecule has 1 rings (SSSR count). The van der Waals surface area contributed by atoms with Crippen molar-refractivity contribution >= 4 is 0 Å². The summed E-state index contributed by atoms with van der Waals surface area (Å²) >= 11 is 0. The molecule has 78 valence electrons. The third kappa shape index (κ3) is 3.24. The molecule has 2 atom stereocenters. The molecular weight excluding hydrogens is 169 g/mol. The van der Waals surface area contributed by atoms with Crippen LogP contribution in [0.15, 0.2) is 0 Å². The number of hydrogen-bond acceptors (Lipinski definition) is 2. The summed E-state index contributed by atoms with van der Waals surface area (Å²) in [5.41, 5.74) is 5.48. The molecule has 2 unspecified atom stereocenters. The zero-order chi connectivity index (χ0) is 9.68. The van der Waals surface area contributed by atoms with Gasteiger partial charge in [0, 0.05) is 13.2 Å². The Kier molecular flexibility index (Phi) is 4.67. The monoisotopic (exact) mass is 189 g/mol. The van der Waals surface area contributed by atoms with Crippen molar-refractivity contribution in [1.29, 1.82) is 0 Å². The summed E-state index contributed by atoms with van der Waals surface area (Å²) in [6.45, 7) is 3.82. The van der Waals surface area contributed by atoms with Crippen molar-refractivity contribution in [2.24, 2.45) is 17.6 Å². The molecule has 2 nitrogen and oxygen atoms in total. The van der Waals surface area contributed by atoms with E-state index in [9.17, 15) is 4.39 Å². The molecule has 0 aromatic rings. The van der Waals surface area contributed by atoms with Crippen LogP contribution in [0, 0.1) is 11.8 Å². The molecule has 0 saturated carbocycles. The average Bonchev–Trinajstić information content (AvgIpc) is 2.15. The first-order chi connectivity index (χ1) is 6.25. The summed E-state index contributed by atoms with van der Waals surface area (Å²) in [7, 11) is 0. The van der Waals surface area contributed by atoms with Crippen LogP contribution in [-0.4, -0.2) is 25.9 Å². The number of alkyl halides is 1. The van der Waals surface area contributed by atoms with Crippen molar-refractivity contribution in [1.82, 2.24) is 0 Å². The van der Waals surface area contributed by atoms with Crippen molar-refractivity contribution in [2.45, 2.75) is 32.4 Å². The molecule has 1 aliphatic rings. The molecule has 13 heavy (non-hydrogen) atoms. The van der Waals surface area contributed by atoms with Crippen molar-refractivity contribution in [3.05, 3.63) is 0 Å². The Balaban J connectivity index is 2.41. The van der Waals surface area contributed by atoms with Gasteiger partial charge in [0.2, 0.25) is 0 Å². The van der Waals surface area contributed by atoms with Crippen LogP contribution in [-0.2, 0) is 4.74 Å². The first-order valence-electron chi connectivity index (χ1n) is 5.17. The molecule has 0 aromatic heterocycles. The molecule has 1 saturated heterocycles. The molecule has 2 N–H and O–H groups in total. The molecule has 0 amide bonds. The van der Waals surface area contributed by atoms with E-state index in [1.807, 2.05) is 0 Å². The molecule has 3 heteroatoms. The lowest BCUT2D eigenvalue weighted by Crippen LogP contribution is -2.30. The van der Waals surface area contributed by atoms with Gasteiger partial charge in [-0.15, -0.1) is 0 Å². The standard InChI is InChI=1S/C10H20FNO/c1-8(11)10(2-5-12)9-3-6-13-7-4-9/h8-10H,2-7,12H2,1H3. The van der Waals surface area contributed by atoms with Crippen LogP contribution in [0.3, 0.4) is 0 Å². The van der Waals surface area contributed by atoms with E-state index in [0.717, 1.165) is 32.5 Å². The fourth-order valence-electron chi connectivity index (χ4n) is 2.18. The number of ether oxygens (including phenoxy) is 1. The second-order valence-electron chi connectivity index (χ2n) is 3.87. The molecular formula is C10H20FNO. The van der Waals surface area contributed by atoms with Crippen LogP contribution in [0.2, 0.25) is 0 Å². The fraction of sp³-hybridized carbons (Fsp3) is 1.00. The van der Waals surface area contributed by atoms with E-state index in [4.69, 9.17) is 10.5 Å². The van der Waals surface area contributed by atoms with Crippen molar-refractivity contribution < 1.29 is 9.13 Å². The lowest BCUT2D eigenvalue weighted by Gasteiger charge is -2.31. The van der Waals surface area contributed by atoms with Crippen molar-refractivity contribution in [2.75, 3.05) is 19.8 Å². The minimum absolute atomic E-state index is 0.147. The largest absolute Gasteiger partial charge is 0.381 e. The lowest BCUT2D eigenvalue weighted by molar-refractivity contribution is 0.0282. The van der Waals surface area contributed by atoms with Crippen molar-refractivity contribution in [3.63, 3.8) is 0 Å². The topological polar surface area (TPSA) is 35.2 Å². The maximum Gasteiger partial charge on any atom is 0.100 e. The molecule has 0 aliphatic carbocycles. The summed E-state index contributed by atoms with van der Waals surface area (Å²) < 4.78 is 18.5. The van der Waals surface area contributed by atoms with E-state index in [1.165, 1.54) is 0 Å². The van der Waals surface area contributed by atoms with Gasteiger partial charge in [-0.2, -0.15) is 0 Å². The summed E-state index contributed by atoms with van der Waals surface area (Å²) in [4.78, 5) is 0. The molecule has 0 spiro atoms. The SMILES string of the molecule is CC(F)C(CCN)C1CCOCC1. The summed E-state index contributed by atoms with van der Waals surface area (Å²) in [6.07, 6.45) is 2.08. The Bertz CT molecular complexity index is 135. The molecule has 0 bridgehead atoms. The van der Waals surface area contributed by atoms with Gasteiger partial charge in [-0.1, -0.05) is 0 Å². The van der Waals surface area contributed by atoms with Crippen LogP contribution in [0.25, 0.3) is 0 Å². The molecule has 1 fully saturated rings. The third-order valence-electron chi connectivity index (χ3n) is 2.96. The van der Waals surface area contributed by atoms with Crippen LogP contribution in [0.5, 0.6) is 0 Å². The predicted molar refractivity (Wildman–Crippen MR) is 51.3 cm³/mol. The highest BCUT2D eigenvalue weighted by atomic mass is 19.1. The molecule has 1 aliphatic heterocycles. The Morgan fingerprint density at radius 3 is 2.54 bits per heavy atom. The van der Waals surface area contributed by atoms with E-state index in [-0.39, 0.29) is 5.92 Å². The number of nitrogens with two attached hydrogens (primary N) is 1. The third-order valence-corrected chi connectivity index (χ3v) is 2.96. The maximum absolute atomic E-state index is 13.2.